The topological polar surface area (TPSA) is 0 Å². The van der Waals surface area contributed by atoms with Crippen molar-refractivity contribution in [2.24, 2.45) is 0 Å². The Balaban J connectivity index is -0.000000175. The summed E-state index contributed by atoms with van der Waals surface area (Å²) in [5, 5.41) is 0. The van der Waals surface area contributed by atoms with Crippen LogP contribution in [0.3, 0.4) is 0 Å². The van der Waals surface area contributed by atoms with Crippen molar-refractivity contribution in [2.45, 2.75) is 41.5 Å². The van der Waals surface area contributed by atoms with Gasteiger partial charge in [-0.05, 0) is 25.0 Å². The molecule has 0 aliphatic carbocycles. The molecule has 0 bridgehead atoms. The van der Waals surface area contributed by atoms with Gasteiger partial charge >= 0.3 is 0 Å². The maximum absolute atomic E-state index is 3.62. The highest BCUT2D eigenvalue weighted by Gasteiger charge is 1.82. The minimum atomic E-state index is 1.19. The Bertz CT molecular complexity index is 111. The van der Waals surface area contributed by atoms with Crippen molar-refractivity contribution < 1.29 is 0 Å². The van der Waals surface area contributed by atoms with Crippen molar-refractivity contribution in [2.75, 3.05) is 0 Å². The molecule has 72 valence electrons. The average Bonchev–Trinajstić information content (AvgIpc) is 2.21. The van der Waals surface area contributed by atoms with E-state index in [1.807, 2.05) is 53.7 Å². The Morgan fingerprint density at radius 1 is 0.750 bits per heavy atom. The first-order chi connectivity index (χ1) is 5.72. The van der Waals surface area contributed by atoms with Gasteiger partial charge in [0.2, 0.25) is 0 Å². The number of hydrogen-bond acceptors (Lipinski definition) is 0. The highest BCUT2D eigenvalue weighted by Crippen LogP contribution is 2.02. The summed E-state index contributed by atoms with van der Waals surface area (Å²) in [6.07, 6.45) is 3.66. The minimum absolute atomic E-state index is 1.19. The molecule has 0 N–H and O–H groups in total. The van der Waals surface area contributed by atoms with Gasteiger partial charge < -0.3 is 0 Å². The molecule has 0 unspecified atom stereocenters. The molecule has 0 aliphatic heterocycles. The summed E-state index contributed by atoms with van der Waals surface area (Å²) in [6.45, 7) is 19.3. The van der Waals surface area contributed by atoms with Crippen LogP contribution in [0, 0.1) is 0 Å². The molecule has 0 spiro atoms. The van der Waals surface area contributed by atoms with Crippen LogP contribution < -0.4 is 0 Å². The van der Waals surface area contributed by atoms with E-state index in [1.165, 1.54) is 11.1 Å². The van der Waals surface area contributed by atoms with Gasteiger partial charge in [0.05, 0.1) is 0 Å². The SMILES string of the molecule is C=C/C(C)=C(/C)C=C.CC.CC. The van der Waals surface area contributed by atoms with Gasteiger partial charge in [-0.1, -0.05) is 53.0 Å². The third-order valence-corrected chi connectivity index (χ3v) is 1.23. The molecule has 12 heavy (non-hydrogen) atoms. The van der Waals surface area contributed by atoms with Gasteiger partial charge in [0.25, 0.3) is 0 Å². The lowest BCUT2D eigenvalue weighted by molar-refractivity contribution is 1.39. The zero-order valence-electron chi connectivity index (χ0n) is 9.57. The lowest BCUT2D eigenvalue weighted by Crippen LogP contribution is -1.71. The van der Waals surface area contributed by atoms with Crippen molar-refractivity contribution >= 4 is 0 Å². The van der Waals surface area contributed by atoms with E-state index in [0.29, 0.717) is 0 Å². The number of rotatable bonds is 2. The maximum Gasteiger partial charge on any atom is -0.0395 e. The van der Waals surface area contributed by atoms with Gasteiger partial charge in [0, 0.05) is 0 Å². The summed E-state index contributed by atoms with van der Waals surface area (Å²) < 4.78 is 0. The number of allylic oxidation sites excluding steroid dienone is 4. The Morgan fingerprint density at radius 2 is 0.917 bits per heavy atom. The van der Waals surface area contributed by atoms with E-state index in [1.54, 1.807) is 0 Å². The van der Waals surface area contributed by atoms with Gasteiger partial charge in [-0.25, -0.2) is 0 Å². The highest BCUT2D eigenvalue weighted by atomic mass is 13.9. The molecule has 0 saturated heterocycles. The standard InChI is InChI=1S/C8H12.2C2H6/c1-5-7(3)8(4)6-2;2*1-2/h5-6H,1-2H2,3-4H3;2*1-2H3/b8-7-;;. The Labute approximate surface area is 78.7 Å². The summed E-state index contributed by atoms with van der Waals surface area (Å²) in [5.74, 6) is 0. The quantitative estimate of drug-likeness (QED) is 0.522. The number of hydrogen-bond donors (Lipinski definition) is 0. The normalized spacial score (nSPS) is 9.17. The fourth-order valence-electron chi connectivity index (χ4n) is 0.322. The van der Waals surface area contributed by atoms with Gasteiger partial charge in [0.15, 0.2) is 0 Å². The van der Waals surface area contributed by atoms with E-state index in [9.17, 15) is 0 Å². The molecular weight excluding hydrogens is 144 g/mol. The molecule has 0 aromatic heterocycles. The maximum atomic E-state index is 3.62. The second-order valence-corrected chi connectivity index (χ2v) is 1.77. The minimum Gasteiger partial charge on any atom is -0.0988 e. The highest BCUT2D eigenvalue weighted by molar-refractivity contribution is 5.27. The summed E-state index contributed by atoms with van der Waals surface area (Å²) in [4.78, 5) is 0. The first kappa shape index (κ1) is 17.3. The predicted octanol–water partition coefficient (Wildman–Crippen LogP) is 4.75. The van der Waals surface area contributed by atoms with Crippen LogP contribution in [0.2, 0.25) is 0 Å². The second-order valence-electron chi connectivity index (χ2n) is 1.77. The predicted molar refractivity (Wildman–Crippen MR) is 61.5 cm³/mol. The third-order valence-electron chi connectivity index (χ3n) is 1.23. The largest absolute Gasteiger partial charge is 0.0988 e. The van der Waals surface area contributed by atoms with Crippen LogP contribution in [0.5, 0.6) is 0 Å². The van der Waals surface area contributed by atoms with Crippen molar-refractivity contribution in [3.8, 4) is 0 Å². The summed E-state index contributed by atoms with van der Waals surface area (Å²) in [7, 11) is 0. The molecule has 0 saturated carbocycles. The van der Waals surface area contributed by atoms with Crippen LogP contribution in [0.1, 0.15) is 41.5 Å². The first-order valence-electron chi connectivity index (χ1n) is 4.64. The molecule has 0 rings (SSSR count). The van der Waals surface area contributed by atoms with Crippen LogP contribution in [-0.2, 0) is 0 Å². The first-order valence-corrected chi connectivity index (χ1v) is 4.64. The fraction of sp³-hybridized carbons (Fsp3) is 0.500. The van der Waals surface area contributed by atoms with E-state index >= 15 is 0 Å². The Morgan fingerprint density at radius 3 is 1.00 bits per heavy atom. The van der Waals surface area contributed by atoms with E-state index in [0.717, 1.165) is 0 Å². The Hall–Kier alpha value is -0.780. The molecule has 0 heteroatoms. The van der Waals surface area contributed by atoms with Crippen molar-refractivity contribution in [3.05, 3.63) is 36.5 Å². The molecule has 0 aromatic rings. The molecule has 0 heterocycles. The van der Waals surface area contributed by atoms with Crippen LogP contribution in [0.4, 0.5) is 0 Å². The van der Waals surface area contributed by atoms with Crippen molar-refractivity contribution in [1.29, 1.82) is 0 Å². The van der Waals surface area contributed by atoms with Crippen molar-refractivity contribution in [3.63, 3.8) is 0 Å². The van der Waals surface area contributed by atoms with Gasteiger partial charge in [-0.15, -0.1) is 0 Å². The van der Waals surface area contributed by atoms with E-state index in [2.05, 4.69) is 13.2 Å². The van der Waals surface area contributed by atoms with Gasteiger partial charge in [0.1, 0.15) is 0 Å². The van der Waals surface area contributed by atoms with E-state index in [4.69, 9.17) is 0 Å². The molecule has 0 fully saturated rings. The Kier molecular flexibility index (Phi) is 24.1. The molecule has 0 aromatic carbocycles. The molecular formula is C12H24. The molecule has 0 amide bonds. The van der Waals surface area contributed by atoms with Crippen molar-refractivity contribution in [1.82, 2.24) is 0 Å². The molecule has 0 atom stereocenters. The summed E-state index contributed by atoms with van der Waals surface area (Å²) in [6, 6.07) is 0. The lowest BCUT2D eigenvalue weighted by Gasteiger charge is -1.92. The zero-order chi connectivity index (χ0) is 10.6. The summed E-state index contributed by atoms with van der Waals surface area (Å²) >= 11 is 0. The zero-order valence-corrected chi connectivity index (χ0v) is 9.57. The van der Waals surface area contributed by atoms with Crippen LogP contribution in [-0.4, -0.2) is 0 Å². The second kappa shape index (κ2) is 16.7. The monoisotopic (exact) mass is 168 g/mol. The van der Waals surface area contributed by atoms with E-state index in [-0.39, 0.29) is 0 Å². The van der Waals surface area contributed by atoms with Crippen LogP contribution >= 0.6 is 0 Å². The fourth-order valence-corrected chi connectivity index (χ4v) is 0.322. The smallest absolute Gasteiger partial charge is 0.0395 e. The average molecular weight is 168 g/mol. The van der Waals surface area contributed by atoms with Gasteiger partial charge in [-0.3, -0.25) is 0 Å². The van der Waals surface area contributed by atoms with Crippen LogP contribution in [0.25, 0.3) is 0 Å². The van der Waals surface area contributed by atoms with Crippen LogP contribution in [0.15, 0.2) is 36.5 Å². The molecule has 0 aliphatic rings. The molecule has 0 nitrogen and oxygen atoms in total. The lowest BCUT2D eigenvalue weighted by atomic mass is 10.1. The van der Waals surface area contributed by atoms with E-state index < -0.39 is 0 Å². The van der Waals surface area contributed by atoms with Gasteiger partial charge in [-0.2, -0.15) is 0 Å². The molecule has 0 radical (unpaired) electrons. The third kappa shape index (κ3) is 12.0. The summed E-state index contributed by atoms with van der Waals surface area (Å²) in [5.41, 5.74) is 2.39.